The number of β-amino-alcohol motifs (C(OH)–C–C–N with tert-alkyl or cyclic N) is 1. The lowest BCUT2D eigenvalue weighted by molar-refractivity contribution is -0.123. The first-order valence-electron chi connectivity index (χ1n) is 15.5. The minimum absolute atomic E-state index is 0.0573. The number of carbonyl (C=O) groups excluding carboxylic acids is 1. The zero-order valence-electron chi connectivity index (χ0n) is 26.2. The number of rotatable bonds is 30. The Morgan fingerprint density at radius 2 is 1.26 bits per heavy atom. The van der Waals surface area contributed by atoms with Gasteiger partial charge in [-0.3, -0.25) is 9.69 Å². The van der Waals surface area contributed by atoms with Crippen molar-refractivity contribution in [3.8, 4) is 0 Å². The van der Waals surface area contributed by atoms with Crippen LogP contribution in [0.25, 0.3) is 0 Å². The van der Waals surface area contributed by atoms with E-state index in [9.17, 15) is 9.90 Å². The van der Waals surface area contributed by atoms with Crippen LogP contribution in [0, 0.1) is 5.92 Å². The highest BCUT2D eigenvalue weighted by molar-refractivity contribution is 5.80. The molecule has 1 aliphatic heterocycles. The Labute approximate surface area is 256 Å². The number of aliphatic hydroxyl groups is 1. The summed E-state index contributed by atoms with van der Waals surface area (Å²) in [6.45, 7) is 14.8. The van der Waals surface area contributed by atoms with Gasteiger partial charge in [-0.1, -0.05) is 19.1 Å². The van der Waals surface area contributed by atoms with E-state index in [1.165, 1.54) is 0 Å². The van der Waals surface area contributed by atoms with Gasteiger partial charge >= 0.3 is 0 Å². The number of carbonyl (C=O) groups is 1. The third-order valence-corrected chi connectivity index (χ3v) is 6.47. The van der Waals surface area contributed by atoms with Crippen LogP contribution in [-0.4, -0.2) is 156 Å². The Balaban J connectivity index is 1.26. The number of aliphatic hydroxyl groups excluding tert-OH is 1. The van der Waals surface area contributed by atoms with Crippen molar-refractivity contribution in [1.29, 1.82) is 0 Å². The first kappa shape index (κ1) is 37.6. The molecule has 1 fully saturated rings. The van der Waals surface area contributed by atoms with Crippen molar-refractivity contribution in [2.45, 2.75) is 45.9 Å². The van der Waals surface area contributed by atoms with Gasteiger partial charge in [0.05, 0.1) is 125 Å². The molecule has 43 heavy (non-hydrogen) atoms. The van der Waals surface area contributed by atoms with Crippen molar-refractivity contribution in [3.63, 3.8) is 0 Å². The predicted octanol–water partition coefficient (Wildman–Crippen LogP) is 0.593. The first-order valence-corrected chi connectivity index (χ1v) is 15.5. The van der Waals surface area contributed by atoms with Crippen molar-refractivity contribution in [2.24, 2.45) is 5.92 Å². The Bertz CT molecular complexity index is 801. The molecule has 0 spiro atoms. The second kappa shape index (κ2) is 25.7. The maximum atomic E-state index is 11.5. The van der Waals surface area contributed by atoms with Crippen molar-refractivity contribution in [2.75, 3.05) is 119 Å². The van der Waals surface area contributed by atoms with Crippen molar-refractivity contribution in [3.05, 3.63) is 11.9 Å². The van der Waals surface area contributed by atoms with Gasteiger partial charge in [0, 0.05) is 32.0 Å². The molecule has 1 aromatic rings. The molecule has 1 aromatic heterocycles. The highest BCUT2D eigenvalue weighted by atomic mass is 16.6. The zero-order chi connectivity index (χ0) is 30.8. The van der Waals surface area contributed by atoms with Crippen LogP contribution in [0.4, 0.5) is 0 Å². The number of nitrogens with zero attached hydrogens (tertiary/aromatic N) is 4. The summed E-state index contributed by atoms with van der Waals surface area (Å²) in [5, 5.41) is 17.7. The Kier molecular flexibility index (Phi) is 22.5. The monoisotopic (exact) mass is 618 g/mol. The number of ether oxygens (including phenoxy) is 8. The van der Waals surface area contributed by atoms with E-state index >= 15 is 0 Å². The van der Waals surface area contributed by atoms with Gasteiger partial charge in [-0.05, 0) is 6.42 Å². The van der Waals surface area contributed by atoms with E-state index in [-0.39, 0.29) is 17.8 Å². The standard InChI is InChI=1S/C29H54N4O10/c1-26(2)29(35)4-8-36-11-14-39-17-18-41-16-13-38-10-7-33-23-27(30-31-33)25-43-22-21-42-20-19-40-15-12-37-9-6-32-5-3-28(34)24-32/h23,26,28,34H,3-22,24-25H2,1-2H3/t28-/m1/s1. The summed E-state index contributed by atoms with van der Waals surface area (Å²) in [6.07, 6.45) is 2.96. The van der Waals surface area contributed by atoms with Gasteiger partial charge in [0.15, 0.2) is 0 Å². The van der Waals surface area contributed by atoms with E-state index in [2.05, 4.69) is 15.2 Å². The number of Topliss-reactive ketones (excluding diaryl/α,β-unsaturated/α-hetero) is 1. The van der Waals surface area contributed by atoms with Gasteiger partial charge in [-0.2, -0.15) is 0 Å². The van der Waals surface area contributed by atoms with Crippen LogP contribution in [-0.2, 0) is 55.8 Å². The molecule has 1 N–H and O–H groups in total. The normalized spacial score (nSPS) is 15.7. The maximum absolute atomic E-state index is 11.5. The molecule has 0 radical (unpaired) electrons. The van der Waals surface area contributed by atoms with Gasteiger partial charge in [-0.15, -0.1) is 5.10 Å². The molecule has 2 heterocycles. The van der Waals surface area contributed by atoms with Gasteiger partial charge < -0.3 is 43.0 Å². The quantitative estimate of drug-likeness (QED) is 0.120. The highest BCUT2D eigenvalue weighted by Gasteiger charge is 2.19. The van der Waals surface area contributed by atoms with Crippen molar-refractivity contribution < 1.29 is 47.8 Å². The lowest BCUT2D eigenvalue weighted by Crippen LogP contribution is -2.26. The third-order valence-electron chi connectivity index (χ3n) is 6.47. The second-order valence-electron chi connectivity index (χ2n) is 10.4. The van der Waals surface area contributed by atoms with Gasteiger partial charge in [0.1, 0.15) is 11.5 Å². The molecule has 0 amide bonds. The fourth-order valence-electron chi connectivity index (χ4n) is 3.94. The van der Waals surface area contributed by atoms with Crippen LogP contribution in [0.1, 0.15) is 32.4 Å². The highest BCUT2D eigenvalue weighted by Crippen LogP contribution is 2.07. The molecular weight excluding hydrogens is 564 g/mol. The van der Waals surface area contributed by atoms with Gasteiger partial charge in [0.25, 0.3) is 0 Å². The molecule has 0 saturated carbocycles. The zero-order valence-corrected chi connectivity index (χ0v) is 26.2. The summed E-state index contributed by atoms with van der Waals surface area (Å²) in [5.74, 6) is 0.274. The second-order valence-corrected chi connectivity index (χ2v) is 10.4. The van der Waals surface area contributed by atoms with E-state index in [4.69, 9.17) is 37.9 Å². The SMILES string of the molecule is CC(C)C(=O)CCOCCOCCOCCOCCn1cc(COCCOCCOCCOCCN2CC[C@@H](O)C2)nn1. The number of hydrogen-bond acceptors (Lipinski definition) is 13. The van der Waals surface area contributed by atoms with Crippen molar-refractivity contribution in [1.82, 2.24) is 19.9 Å². The molecule has 1 atom stereocenters. The average Bonchev–Trinajstić information content (AvgIpc) is 3.63. The lowest BCUT2D eigenvalue weighted by atomic mass is 10.1. The largest absolute Gasteiger partial charge is 0.392 e. The predicted molar refractivity (Wildman–Crippen MR) is 157 cm³/mol. The van der Waals surface area contributed by atoms with E-state index < -0.39 is 0 Å². The molecule has 14 nitrogen and oxygen atoms in total. The summed E-state index contributed by atoms with van der Waals surface area (Å²) in [4.78, 5) is 13.7. The minimum Gasteiger partial charge on any atom is -0.392 e. The summed E-state index contributed by atoms with van der Waals surface area (Å²) in [5.41, 5.74) is 0.752. The minimum atomic E-state index is -0.186. The lowest BCUT2D eigenvalue weighted by Gasteiger charge is -2.14. The summed E-state index contributed by atoms with van der Waals surface area (Å²) in [6, 6.07) is 0. The Morgan fingerprint density at radius 1 is 0.767 bits per heavy atom. The van der Waals surface area contributed by atoms with Crippen LogP contribution >= 0.6 is 0 Å². The fourth-order valence-corrected chi connectivity index (χ4v) is 3.94. The fraction of sp³-hybridized carbons (Fsp3) is 0.897. The van der Waals surface area contributed by atoms with Crippen LogP contribution in [0.5, 0.6) is 0 Å². The Morgan fingerprint density at radius 3 is 1.77 bits per heavy atom. The number of aromatic nitrogens is 3. The molecule has 1 saturated heterocycles. The first-order chi connectivity index (χ1) is 21.0. The molecule has 0 aliphatic carbocycles. The third kappa shape index (κ3) is 20.9. The smallest absolute Gasteiger partial charge is 0.137 e. The summed E-state index contributed by atoms with van der Waals surface area (Å²) in [7, 11) is 0. The van der Waals surface area contributed by atoms with Crippen LogP contribution in [0.3, 0.4) is 0 Å². The van der Waals surface area contributed by atoms with Gasteiger partial charge in [0.2, 0.25) is 0 Å². The molecular formula is C29H54N4O10. The summed E-state index contributed by atoms with van der Waals surface area (Å²) >= 11 is 0. The number of ketones is 1. The molecule has 250 valence electrons. The molecule has 0 aromatic carbocycles. The van der Waals surface area contributed by atoms with E-state index in [0.717, 1.165) is 31.7 Å². The average molecular weight is 619 g/mol. The van der Waals surface area contributed by atoms with E-state index in [0.29, 0.717) is 119 Å². The maximum Gasteiger partial charge on any atom is 0.137 e. The molecule has 2 rings (SSSR count). The van der Waals surface area contributed by atoms with E-state index in [1.807, 2.05) is 20.0 Å². The Hall–Kier alpha value is -1.59. The number of hydrogen-bond donors (Lipinski definition) is 1. The molecule has 1 aliphatic rings. The van der Waals surface area contributed by atoms with Gasteiger partial charge in [-0.25, -0.2) is 4.68 Å². The van der Waals surface area contributed by atoms with Crippen LogP contribution < -0.4 is 0 Å². The van der Waals surface area contributed by atoms with Crippen LogP contribution in [0.15, 0.2) is 6.20 Å². The summed E-state index contributed by atoms with van der Waals surface area (Å²) < 4.78 is 45.8. The van der Waals surface area contributed by atoms with E-state index in [1.54, 1.807) is 4.68 Å². The molecule has 0 unspecified atom stereocenters. The molecule has 0 bridgehead atoms. The number of likely N-dealkylation sites (tertiary alicyclic amines) is 1. The van der Waals surface area contributed by atoms with Crippen LogP contribution in [0.2, 0.25) is 0 Å². The topological polar surface area (TPSA) is 145 Å². The van der Waals surface area contributed by atoms with Crippen molar-refractivity contribution >= 4 is 5.78 Å². The molecule has 14 heteroatoms.